The van der Waals surface area contributed by atoms with Gasteiger partial charge < -0.3 is 14.2 Å². The molecule has 1 amide bonds. The Morgan fingerprint density at radius 1 is 1.33 bits per heavy atom. The van der Waals surface area contributed by atoms with Crippen molar-refractivity contribution in [2.75, 3.05) is 20.3 Å². The number of amides is 1. The predicted molar refractivity (Wildman–Crippen MR) is 64.2 cm³/mol. The van der Waals surface area contributed by atoms with Gasteiger partial charge in [0.25, 0.3) is 0 Å². The Labute approximate surface area is 107 Å². The van der Waals surface area contributed by atoms with Gasteiger partial charge in [0, 0.05) is 0 Å². The van der Waals surface area contributed by atoms with Crippen molar-refractivity contribution in [1.29, 1.82) is 0 Å². The summed E-state index contributed by atoms with van der Waals surface area (Å²) in [6.45, 7) is 7.69. The summed E-state index contributed by atoms with van der Waals surface area (Å²) in [7, 11) is 1.29. The van der Waals surface area contributed by atoms with Gasteiger partial charge in [0.1, 0.15) is 5.60 Å². The smallest absolute Gasteiger partial charge is 0.410 e. The minimum absolute atomic E-state index is 0.124. The second-order valence-electron chi connectivity index (χ2n) is 5.33. The van der Waals surface area contributed by atoms with Crippen LogP contribution in [0.15, 0.2) is 0 Å². The van der Waals surface area contributed by atoms with Crippen LogP contribution in [0.5, 0.6) is 0 Å². The van der Waals surface area contributed by atoms with Crippen LogP contribution >= 0.6 is 0 Å². The molecule has 0 N–H and O–H groups in total. The van der Waals surface area contributed by atoms with Crippen LogP contribution in [-0.4, -0.2) is 55.0 Å². The van der Waals surface area contributed by atoms with Gasteiger partial charge in [-0.25, -0.2) is 9.59 Å². The summed E-state index contributed by atoms with van der Waals surface area (Å²) in [6.07, 6.45) is -1.18. The molecule has 0 aromatic rings. The summed E-state index contributed by atoms with van der Waals surface area (Å²) < 4.78 is 15.2. The average Bonchev–Trinajstić information content (AvgIpc) is 2.26. The summed E-state index contributed by atoms with van der Waals surface area (Å²) in [6, 6.07) is -0.124. The molecule has 0 aromatic carbocycles. The van der Waals surface area contributed by atoms with Crippen molar-refractivity contribution in [3.63, 3.8) is 0 Å². The quantitative estimate of drug-likeness (QED) is 0.662. The minimum atomic E-state index is -0.737. The highest BCUT2D eigenvalue weighted by molar-refractivity contribution is 5.76. The lowest BCUT2D eigenvalue weighted by molar-refractivity contribution is -0.161. The molecular formula is C12H21NO5. The number of hydrogen-bond donors (Lipinski definition) is 0. The molecule has 0 aliphatic carbocycles. The maximum Gasteiger partial charge on any atom is 0.410 e. The van der Waals surface area contributed by atoms with Crippen molar-refractivity contribution in [3.05, 3.63) is 0 Å². The van der Waals surface area contributed by atoms with E-state index in [-0.39, 0.29) is 12.6 Å². The van der Waals surface area contributed by atoms with E-state index in [0.717, 1.165) is 0 Å². The first-order chi connectivity index (χ1) is 8.24. The summed E-state index contributed by atoms with van der Waals surface area (Å²) >= 11 is 0. The number of hydrogen-bond acceptors (Lipinski definition) is 5. The normalized spacial score (nSPS) is 24.6. The second-order valence-corrected chi connectivity index (χ2v) is 5.33. The summed E-state index contributed by atoms with van der Waals surface area (Å²) in [4.78, 5) is 24.9. The second kappa shape index (κ2) is 5.56. The van der Waals surface area contributed by atoms with Gasteiger partial charge in [-0.3, -0.25) is 4.90 Å². The zero-order valence-electron chi connectivity index (χ0n) is 11.6. The molecule has 0 spiro atoms. The Balaban J connectivity index is 2.67. The van der Waals surface area contributed by atoms with Gasteiger partial charge in [0.2, 0.25) is 0 Å². The highest BCUT2D eigenvalue weighted by atomic mass is 16.6. The van der Waals surface area contributed by atoms with Crippen LogP contribution in [0.4, 0.5) is 4.79 Å². The molecule has 2 atom stereocenters. The van der Waals surface area contributed by atoms with Crippen molar-refractivity contribution in [2.24, 2.45) is 0 Å². The van der Waals surface area contributed by atoms with Crippen molar-refractivity contribution in [3.8, 4) is 0 Å². The number of methoxy groups -OCH3 is 1. The SMILES string of the molecule is COC(=O)[C@H]1CN(C(=O)OC(C)(C)C)C(C)CO1. The van der Waals surface area contributed by atoms with Gasteiger partial charge >= 0.3 is 12.1 Å². The van der Waals surface area contributed by atoms with Gasteiger partial charge in [-0.1, -0.05) is 0 Å². The molecule has 0 saturated carbocycles. The van der Waals surface area contributed by atoms with Crippen molar-refractivity contribution >= 4 is 12.1 Å². The molecule has 1 unspecified atom stereocenters. The van der Waals surface area contributed by atoms with Crippen molar-refractivity contribution in [2.45, 2.75) is 45.4 Å². The van der Waals surface area contributed by atoms with Crippen molar-refractivity contribution < 1.29 is 23.8 Å². The lowest BCUT2D eigenvalue weighted by atomic mass is 10.2. The van der Waals surface area contributed by atoms with E-state index in [0.29, 0.717) is 6.61 Å². The zero-order valence-corrected chi connectivity index (χ0v) is 11.6. The standard InChI is InChI=1S/C12H21NO5/c1-8-7-17-9(10(14)16-5)6-13(8)11(15)18-12(2,3)4/h8-9H,6-7H2,1-5H3/t8?,9-/m1/s1. The van der Waals surface area contributed by atoms with E-state index in [1.807, 2.05) is 6.92 Å². The van der Waals surface area contributed by atoms with E-state index in [2.05, 4.69) is 4.74 Å². The fraction of sp³-hybridized carbons (Fsp3) is 0.833. The molecule has 0 radical (unpaired) electrons. The molecule has 1 aliphatic heterocycles. The van der Waals surface area contributed by atoms with E-state index in [1.165, 1.54) is 12.0 Å². The van der Waals surface area contributed by atoms with Gasteiger partial charge in [-0.15, -0.1) is 0 Å². The summed E-state index contributed by atoms with van der Waals surface area (Å²) in [5, 5.41) is 0. The molecule has 0 aromatic heterocycles. The molecule has 1 heterocycles. The Morgan fingerprint density at radius 2 is 1.94 bits per heavy atom. The highest BCUT2D eigenvalue weighted by Crippen LogP contribution is 2.17. The fourth-order valence-corrected chi connectivity index (χ4v) is 1.61. The monoisotopic (exact) mass is 259 g/mol. The van der Waals surface area contributed by atoms with Crippen LogP contribution in [0.1, 0.15) is 27.7 Å². The van der Waals surface area contributed by atoms with Crippen LogP contribution in [0.3, 0.4) is 0 Å². The first kappa shape index (κ1) is 14.8. The number of carbonyl (C=O) groups is 2. The van der Waals surface area contributed by atoms with Crippen LogP contribution < -0.4 is 0 Å². The highest BCUT2D eigenvalue weighted by Gasteiger charge is 2.36. The van der Waals surface area contributed by atoms with E-state index in [1.54, 1.807) is 20.8 Å². The lowest BCUT2D eigenvalue weighted by Gasteiger charge is -2.37. The third-order valence-electron chi connectivity index (χ3n) is 2.53. The van der Waals surface area contributed by atoms with Crippen LogP contribution in [0.25, 0.3) is 0 Å². The number of ether oxygens (including phenoxy) is 3. The lowest BCUT2D eigenvalue weighted by Crippen LogP contribution is -2.54. The largest absolute Gasteiger partial charge is 0.467 e. The van der Waals surface area contributed by atoms with Gasteiger partial charge in [-0.2, -0.15) is 0 Å². The summed E-state index contributed by atoms with van der Waals surface area (Å²) in [5.74, 6) is -0.476. The van der Waals surface area contributed by atoms with Gasteiger partial charge in [-0.05, 0) is 27.7 Å². The predicted octanol–water partition coefficient (Wildman–Crippen LogP) is 1.18. The molecule has 0 bridgehead atoms. The van der Waals surface area contributed by atoms with Crippen LogP contribution in [0.2, 0.25) is 0 Å². The van der Waals surface area contributed by atoms with E-state index in [4.69, 9.17) is 9.47 Å². The first-order valence-corrected chi connectivity index (χ1v) is 5.93. The zero-order chi connectivity index (χ0) is 13.9. The molecule has 104 valence electrons. The minimum Gasteiger partial charge on any atom is -0.467 e. The van der Waals surface area contributed by atoms with E-state index in [9.17, 15) is 9.59 Å². The number of nitrogens with zero attached hydrogens (tertiary/aromatic N) is 1. The molecule has 6 nitrogen and oxygen atoms in total. The number of morpholine rings is 1. The Kier molecular flexibility index (Phi) is 4.56. The maximum absolute atomic E-state index is 12.0. The van der Waals surface area contributed by atoms with Gasteiger partial charge in [0.05, 0.1) is 26.3 Å². The number of esters is 1. The Morgan fingerprint density at radius 3 is 2.44 bits per heavy atom. The molecule has 1 rings (SSSR count). The molecule has 1 fully saturated rings. The van der Waals surface area contributed by atoms with Crippen LogP contribution in [0, 0.1) is 0 Å². The maximum atomic E-state index is 12.0. The third-order valence-corrected chi connectivity index (χ3v) is 2.53. The van der Waals surface area contributed by atoms with E-state index >= 15 is 0 Å². The summed E-state index contributed by atoms with van der Waals surface area (Å²) in [5.41, 5.74) is -0.560. The molecular weight excluding hydrogens is 238 g/mol. The Hall–Kier alpha value is -1.30. The average molecular weight is 259 g/mol. The molecule has 18 heavy (non-hydrogen) atoms. The first-order valence-electron chi connectivity index (χ1n) is 5.93. The van der Waals surface area contributed by atoms with Crippen molar-refractivity contribution in [1.82, 2.24) is 4.90 Å². The third kappa shape index (κ3) is 3.87. The number of rotatable bonds is 1. The molecule has 1 aliphatic rings. The van der Waals surface area contributed by atoms with E-state index < -0.39 is 23.8 Å². The Bertz CT molecular complexity index is 323. The fourth-order valence-electron chi connectivity index (χ4n) is 1.61. The number of carbonyl (C=O) groups excluding carboxylic acids is 2. The topological polar surface area (TPSA) is 65.1 Å². The molecule has 1 saturated heterocycles. The van der Waals surface area contributed by atoms with Gasteiger partial charge in [0.15, 0.2) is 6.10 Å². The van der Waals surface area contributed by atoms with Crippen LogP contribution in [-0.2, 0) is 19.0 Å². The molecule has 6 heteroatoms.